The van der Waals surface area contributed by atoms with Crippen molar-refractivity contribution < 1.29 is 66.4 Å². The predicted molar refractivity (Wildman–Crippen MR) is 188 cm³/mol. The summed E-state index contributed by atoms with van der Waals surface area (Å²) < 4.78 is 64.7. The van der Waals surface area contributed by atoms with E-state index in [1.165, 1.54) is 32.1 Å². The number of rotatable bonds is 43. The Hall–Kier alpha value is -1.46. The van der Waals surface area contributed by atoms with Crippen molar-refractivity contribution >= 4 is 11.9 Å². The largest absolute Gasteiger partial charge is 0.463 e. The van der Waals surface area contributed by atoms with E-state index in [0.29, 0.717) is 145 Å². The molecule has 0 fully saturated rings. The third-order valence-corrected chi connectivity index (χ3v) is 6.77. The second-order valence-corrected chi connectivity index (χ2v) is 11.2. The number of esters is 2. The van der Waals surface area contributed by atoms with Crippen molar-refractivity contribution in [2.45, 2.75) is 78.1 Å². The first-order valence-corrected chi connectivity index (χ1v) is 18.8. The van der Waals surface area contributed by atoms with Gasteiger partial charge in [-0.15, -0.1) is 0 Å². The zero-order chi connectivity index (χ0) is 36.3. The standard InChI is InChI=1S/C36H70O14/c1-3-5-6-7-8-9-10-12-36(38)50-34-32-48-30-28-46-26-24-44-22-20-42-18-16-40-14-13-39-15-17-41-19-21-43-23-25-45-27-29-47-31-33-49-35(37)11-4-2/h3-34H2,1-2H3. The van der Waals surface area contributed by atoms with Crippen LogP contribution < -0.4 is 0 Å². The Morgan fingerprint density at radius 1 is 0.280 bits per heavy atom. The van der Waals surface area contributed by atoms with E-state index in [2.05, 4.69) is 6.92 Å². The summed E-state index contributed by atoms with van der Waals surface area (Å²) >= 11 is 0. The van der Waals surface area contributed by atoms with Gasteiger partial charge in [0.05, 0.1) is 132 Å². The van der Waals surface area contributed by atoms with Gasteiger partial charge in [-0.25, -0.2) is 0 Å². The highest BCUT2D eigenvalue weighted by molar-refractivity contribution is 5.69. The minimum atomic E-state index is -0.190. The molecular formula is C36H70O14. The van der Waals surface area contributed by atoms with E-state index in [1.807, 2.05) is 6.92 Å². The predicted octanol–water partition coefficient (Wildman–Crippen LogP) is 4.18. The molecule has 0 aromatic rings. The van der Waals surface area contributed by atoms with Crippen molar-refractivity contribution in [3.05, 3.63) is 0 Å². The lowest BCUT2D eigenvalue weighted by atomic mass is 10.1. The van der Waals surface area contributed by atoms with Crippen molar-refractivity contribution in [3.8, 4) is 0 Å². The molecule has 0 aliphatic carbocycles. The molecule has 0 saturated carbocycles. The van der Waals surface area contributed by atoms with Crippen LogP contribution in [0.4, 0.5) is 0 Å². The Morgan fingerprint density at radius 2 is 0.520 bits per heavy atom. The fraction of sp³-hybridized carbons (Fsp3) is 0.944. The molecule has 14 nitrogen and oxygen atoms in total. The zero-order valence-corrected chi connectivity index (χ0v) is 31.3. The second-order valence-electron chi connectivity index (χ2n) is 11.2. The van der Waals surface area contributed by atoms with Crippen LogP contribution in [0.25, 0.3) is 0 Å². The molecule has 14 heteroatoms. The Morgan fingerprint density at radius 3 is 0.800 bits per heavy atom. The lowest BCUT2D eigenvalue weighted by Crippen LogP contribution is -2.16. The maximum absolute atomic E-state index is 11.7. The SMILES string of the molecule is CCCCCCCCCC(=O)OCCOCCOCCOCCOCCOCCOCCOCCOCCOCCOCCOC(=O)CCC. The summed E-state index contributed by atoms with van der Waals surface area (Å²) in [4.78, 5) is 22.9. The summed E-state index contributed by atoms with van der Waals surface area (Å²) in [6.45, 7) is 14.1. The van der Waals surface area contributed by atoms with Crippen LogP contribution in [0.5, 0.6) is 0 Å². The highest BCUT2D eigenvalue weighted by atomic mass is 16.6. The van der Waals surface area contributed by atoms with Crippen molar-refractivity contribution in [1.82, 2.24) is 0 Å². The van der Waals surface area contributed by atoms with E-state index in [-0.39, 0.29) is 25.2 Å². The molecular weight excluding hydrogens is 656 g/mol. The van der Waals surface area contributed by atoms with Crippen LogP contribution in [-0.4, -0.2) is 157 Å². The number of unbranched alkanes of at least 4 members (excludes halogenated alkanes) is 6. The molecule has 0 unspecified atom stereocenters. The van der Waals surface area contributed by atoms with Crippen LogP contribution in [0.3, 0.4) is 0 Å². The van der Waals surface area contributed by atoms with Gasteiger partial charge in [-0.1, -0.05) is 52.4 Å². The van der Waals surface area contributed by atoms with Crippen molar-refractivity contribution in [2.24, 2.45) is 0 Å². The molecule has 0 saturated heterocycles. The molecule has 0 aromatic heterocycles. The molecule has 0 N–H and O–H groups in total. The van der Waals surface area contributed by atoms with Gasteiger partial charge < -0.3 is 56.8 Å². The van der Waals surface area contributed by atoms with Gasteiger partial charge in [0.2, 0.25) is 0 Å². The summed E-state index contributed by atoms with van der Waals surface area (Å²) in [5.74, 6) is -0.334. The van der Waals surface area contributed by atoms with Gasteiger partial charge in [0.25, 0.3) is 0 Å². The molecule has 0 atom stereocenters. The normalized spacial score (nSPS) is 11.3. The molecule has 0 aromatic carbocycles. The maximum atomic E-state index is 11.7. The lowest BCUT2D eigenvalue weighted by Gasteiger charge is -2.09. The Bertz CT molecular complexity index is 685. The zero-order valence-electron chi connectivity index (χ0n) is 31.3. The molecule has 0 aliphatic rings. The molecule has 0 spiro atoms. The average molecular weight is 727 g/mol. The molecule has 0 radical (unpaired) electrons. The number of carbonyl (C=O) groups excluding carboxylic acids is 2. The monoisotopic (exact) mass is 726 g/mol. The molecule has 298 valence electrons. The van der Waals surface area contributed by atoms with E-state index in [0.717, 1.165) is 19.3 Å². The van der Waals surface area contributed by atoms with Crippen LogP contribution in [-0.2, 0) is 66.4 Å². The van der Waals surface area contributed by atoms with Gasteiger partial charge in [0, 0.05) is 12.8 Å². The summed E-state index contributed by atoms with van der Waals surface area (Å²) in [5, 5.41) is 0. The summed E-state index contributed by atoms with van der Waals surface area (Å²) in [6, 6.07) is 0. The van der Waals surface area contributed by atoms with Crippen LogP contribution >= 0.6 is 0 Å². The lowest BCUT2D eigenvalue weighted by molar-refractivity contribution is -0.146. The highest BCUT2D eigenvalue weighted by Gasteiger charge is 2.03. The smallest absolute Gasteiger partial charge is 0.305 e. The first kappa shape index (κ1) is 48.5. The Labute approximate surface area is 301 Å². The summed E-state index contributed by atoms with van der Waals surface area (Å²) in [7, 11) is 0. The van der Waals surface area contributed by atoms with Crippen molar-refractivity contribution in [3.63, 3.8) is 0 Å². The fourth-order valence-electron chi connectivity index (χ4n) is 4.09. The Balaban J connectivity index is 3.11. The van der Waals surface area contributed by atoms with Gasteiger partial charge in [0.15, 0.2) is 0 Å². The minimum Gasteiger partial charge on any atom is -0.463 e. The van der Waals surface area contributed by atoms with Crippen LogP contribution in [0.2, 0.25) is 0 Å². The van der Waals surface area contributed by atoms with E-state index in [4.69, 9.17) is 56.8 Å². The first-order chi connectivity index (χ1) is 24.7. The topological polar surface area (TPSA) is 145 Å². The summed E-state index contributed by atoms with van der Waals surface area (Å²) in [6.07, 6.45) is 10.00. The van der Waals surface area contributed by atoms with E-state index in [9.17, 15) is 9.59 Å². The van der Waals surface area contributed by atoms with Gasteiger partial charge in [-0.05, 0) is 12.8 Å². The third-order valence-electron chi connectivity index (χ3n) is 6.77. The van der Waals surface area contributed by atoms with Crippen molar-refractivity contribution in [1.29, 1.82) is 0 Å². The molecule has 0 rings (SSSR count). The summed E-state index contributed by atoms with van der Waals surface area (Å²) in [5.41, 5.74) is 0. The fourth-order valence-corrected chi connectivity index (χ4v) is 4.09. The number of hydrogen-bond donors (Lipinski definition) is 0. The van der Waals surface area contributed by atoms with E-state index < -0.39 is 0 Å². The maximum Gasteiger partial charge on any atom is 0.305 e. The highest BCUT2D eigenvalue weighted by Crippen LogP contribution is 2.08. The first-order valence-electron chi connectivity index (χ1n) is 18.8. The van der Waals surface area contributed by atoms with E-state index in [1.54, 1.807) is 0 Å². The van der Waals surface area contributed by atoms with Gasteiger partial charge in [-0.2, -0.15) is 0 Å². The Kier molecular flexibility index (Phi) is 42.4. The second kappa shape index (κ2) is 43.7. The number of hydrogen-bond acceptors (Lipinski definition) is 14. The molecule has 50 heavy (non-hydrogen) atoms. The van der Waals surface area contributed by atoms with Crippen LogP contribution in [0.15, 0.2) is 0 Å². The van der Waals surface area contributed by atoms with Crippen LogP contribution in [0, 0.1) is 0 Å². The van der Waals surface area contributed by atoms with Crippen molar-refractivity contribution in [2.75, 3.05) is 145 Å². The van der Waals surface area contributed by atoms with Crippen LogP contribution in [0.1, 0.15) is 78.1 Å². The molecule has 0 aliphatic heterocycles. The number of ether oxygens (including phenoxy) is 12. The van der Waals surface area contributed by atoms with E-state index >= 15 is 0 Å². The molecule has 0 heterocycles. The quantitative estimate of drug-likeness (QED) is 0.0654. The van der Waals surface area contributed by atoms with Gasteiger partial charge in [0.1, 0.15) is 13.2 Å². The van der Waals surface area contributed by atoms with Gasteiger partial charge >= 0.3 is 11.9 Å². The average Bonchev–Trinajstić information content (AvgIpc) is 3.11. The third kappa shape index (κ3) is 42.7. The minimum absolute atomic E-state index is 0.144. The molecule has 0 amide bonds. The number of carbonyl (C=O) groups is 2. The van der Waals surface area contributed by atoms with Gasteiger partial charge in [-0.3, -0.25) is 9.59 Å². The molecule has 0 bridgehead atoms.